The fourth-order valence-electron chi connectivity index (χ4n) is 9.17. The van der Waals surface area contributed by atoms with Crippen molar-refractivity contribution in [2.24, 2.45) is 45.4 Å². The van der Waals surface area contributed by atoms with Gasteiger partial charge in [0.05, 0.1) is 30.8 Å². The number of ether oxygens (including phenoxy) is 1. The predicted molar refractivity (Wildman–Crippen MR) is 240 cm³/mol. The van der Waals surface area contributed by atoms with Crippen LogP contribution in [0.25, 0.3) is 0 Å². The lowest BCUT2D eigenvalue weighted by Gasteiger charge is -2.48. The van der Waals surface area contributed by atoms with E-state index in [1.54, 1.807) is 15.8 Å². The molecule has 1 aromatic heterocycles. The van der Waals surface area contributed by atoms with Crippen LogP contribution in [0, 0.1) is 28.6 Å². The van der Waals surface area contributed by atoms with Gasteiger partial charge in [0.1, 0.15) is 6.29 Å². The number of aromatic nitrogens is 2. The summed E-state index contributed by atoms with van der Waals surface area (Å²) in [6, 6.07) is 17.9. The van der Waals surface area contributed by atoms with E-state index in [9.17, 15) is 19.2 Å². The van der Waals surface area contributed by atoms with Gasteiger partial charge in [-0.2, -0.15) is 10.2 Å². The number of piperazine rings is 1. The maximum Gasteiger partial charge on any atom is 0.257 e. The van der Waals surface area contributed by atoms with Crippen LogP contribution in [0.1, 0.15) is 73.9 Å². The molecule has 5 aliphatic rings. The van der Waals surface area contributed by atoms with Crippen LogP contribution in [-0.4, -0.2) is 134 Å². The molecule has 2 aliphatic carbocycles. The molecule has 0 bridgehead atoms. The van der Waals surface area contributed by atoms with E-state index in [0.29, 0.717) is 61.4 Å². The number of anilines is 1. The number of amidine groups is 1. The Balaban J connectivity index is 0.000000204. The number of nitrogens with one attached hydrogen (secondary N) is 2. The summed E-state index contributed by atoms with van der Waals surface area (Å²) in [5.41, 5.74) is 6.28. The summed E-state index contributed by atoms with van der Waals surface area (Å²) < 4.78 is 7.66. The molecule has 0 radical (unpaired) electrons. The third-order valence-corrected chi connectivity index (χ3v) is 13.1. The number of carbonyl (C=O) groups excluding carboxylic acids is 4. The number of nitrogens with zero attached hydrogens (tertiary/aromatic N) is 7. The Hall–Kier alpha value is -5.32. The number of hydrazone groups is 1. The molecule has 2 aromatic carbocycles. The molecule has 6 N–H and O–H groups in total. The van der Waals surface area contributed by atoms with E-state index in [4.69, 9.17) is 16.4 Å². The molecule has 62 heavy (non-hydrogen) atoms. The number of nitrogens with two attached hydrogens (primary N) is 2. The molecule has 1 spiro atoms. The van der Waals surface area contributed by atoms with Crippen molar-refractivity contribution >= 4 is 36.0 Å². The Morgan fingerprint density at radius 2 is 1.65 bits per heavy atom. The highest BCUT2D eigenvalue weighted by molar-refractivity contribution is 5.98. The van der Waals surface area contributed by atoms with Gasteiger partial charge in [-0.25, -0.2) is 5.84 Å². The van der Waals surface area contributed by atoms with E-state index in [1.165, 1.54) is 32.1 Å². The standard InChI is InChI=1S/C28H39N5O3.C12H18N6O.C6H10O/c1-31-19-28(20-31)21-32(27(35)24-14-30-33(16-24)15-22-8-4-2-5-9-22)17-25(28)26(34)29-12-13-36-18-23-10-6-3-7-11-23;13-15-12(16-14)10-1-3-11(4-2-10)18-7-5-17(9-19)6-8-18;1-6(2)3-5(6)4-7/h2,4-5,8-9,14,16,23,25H,3,6-7,10-13,15,17-21H2,1H3,(H,29,34);1-4,9H,5-8,13-14H2,(H,15,16);4-5H,3H2,1-2H3. The summed E-state index contributed by atoms with van der Waals surface area (Å²) in [5, 5.41) is 11.1. The Kier molecular flexibility index (Phi) is 16.1. The summed E-state index contributed by atoms with van der Waals surface area (Å²) in [5.74, 6) is 11.8. The Bertz CT molecular complexity index is 1940. The van der Waals surface area contributed by atoms with Crippen LogP contribution in [0.5, 0.6) is 0 Å². The summed E-state index contributed by atoms with van der Waals surface area (Å²) in [6.45, 7) is 12.6. The maximum absolute atomic E-state index is 13.3. The quantitative estimate of drug-likeness (QED) is 0.0493. The van der Waals surface area contributed by atoms with Gasteiger partial charge in [0, 0.05) is 94.3 Å². The molecule has 3 aliphatic heterocycles. The van der Waals surface area contributed by atoms with Gasteiger partial charge in [0.2, 0.25) is 12.3 Å². The molecule has 4 heterocycles. The van der Waals surface area contributed by atoms with E-state index in [-0.39, 0.29) is 23.1 Å². The zero-order chi connectivity index (χ0) is 44.1. The highest BCUT2D eigenvalue weighted by Gasteiger charge is 2.56. The Morgan fingerprint density at radius 3 is 2.23 bits per heavy atom. The average molecular weight is 854 g/mol. The van der Waals surface area contributed by atoms with E-state index in [1.807, 2.05) is 65.7 Å². The van der Waals surface area contributed by atoms with Gasteiger partial charge in [-0.3, -0.25) is 19.1 Å². The molecule has 2 unspecified atom stereocenters. The normalized spacial score (nSPS) is 21.7. The van der Waals surface area contributed by atoms with Crippen molar-refractivity contribution in [2.75, 3.05) is 84.1 Å². The third-order valence-electron chi connectivity index (χ3n) is 13.1. The minimum atomic E-state index is -0.199. The fraction of sp³-hybridized carbons (Fsp3) is 0.565. The first-order valence-electron chi connectivity index (χ1n) is 22.1. The lowest BCUT2D eigenvalue weighted by Crippen LogP contribution is -2.61. The number of hydrazine groups is 1. The first kappa shape index (κ1) is 46.2. The van der Waals surface area contributed by atoms with Gasteiger partial charge in [-0.15, -0.1) is 0 Å². The van der Waals surface area contributed by atoms with Crippen LogP contribution in [0.15, 0.2) is 72.1 Å². The van der Waals surface area contributed by atoms with E-state index in [0.717, 1.165) is 81.8 Å². The molecular formula is C46H67N11O5. The van der Waals surface area contributed by atoms with Gasteiger partial charge in [-0.05, 0) is 67.5 Å². The minimum absolute atomic E-state index is 0.0411. The highest BCUT2D eigenvalue weighted by Crippen LogP contribution is 2.49. The fourth-order valence-corrected chi connectivity index (χ4v) is 9.17. The molecule has 336 valence electrons. The van der Waals surface area contributed by atoms with Crippen molar-refractivity contribution in [1.82, 2.24) is 35.2 Å². The van der Waals surface area contributed by atoms with E-state index >= 15 is 0 Å². The molecule has 2 atom stereocenters. The number of hydrogen-bond donors (Lipinski definition) is 4. The minimum Gasteiger partial charge on any atom is -0.379 e. The average Bonchev–Trinajstić information content (AvgIpc) is 3.55. The lowest BCUT2D eigenvalue weighted by atomic mass is 9.71. The first-order chi connectivity index (χ1) is 30.0. The predicted octanol–water partition coefficient (Wildman–Crippen LogP) is 2.93. The van der Waals surface area contributed by atoms with Crippen LogP contribution in [0.4, 0.5) is 5.69 Å². The smallest absolute Gasteiger partial charge is 0.257 e. The van der Waals surface area contributed by atoms with Crippen molar-refractivity contribution in [3.63, 3.8) is 0 Å². The van der Waals surface area contributed by atoms with Crippen molar-refractivity contribution in [2.45, 2.75) is 58.9 Å². The van der Waals surface area contributed by atoms with Crippen molar-refractivity contribution < 1.29 is 23.9 Å². The van der Waals surface area contributed by atoms with Crippen LogP contribution < -0.4 is 27.3 Å². The van der Waals surface area contributed by atoms with Gasteiger partial charge in [-0.1, -0.05) is 63.4 Å². The van der Waals surface area contributed by atoms with Crippen LogP contribution in [0.2, 0.25) is 0 Å². The third kappa shape index (κ3) is 12.2. The molecular weight excluding hydrogens is 787 g/mol. The number of rotatable bonds is 13. The van der Waals surface area contributed by atoms with Gasteiger partial charge < -0.3 is 45.7 Å². The SMILES string of the molecule is CC1(C)CC1C=O.CN1CC2(C1)CN(C(=O)c1cnn(Cc3ccccc3)c1)CC2C(=O)NCCOCC1CCCCC1.N/N=C(\NN)c1ccc(N2CCN(C=O)CC2)cc1. The molecule has 3 saturated heterocycles. The Labute approximate surface area is 366 Å². The lowest BCUT2D eigenvalue weighted by molar-refractivity contribution is -0.132. The second-order valence-electron chi connectivity index (χ2n) is 18.3. The largest absolute Gasteiger partial charge is 0.379 e. The van der Waals surface area contributed by atoms with E-state index < -0.39 is 0 Å². The molecule has 3 aromatic rings. The summed E-state index contributed by atoms with van der Waals surface area (Å²) in [4.78, 5) is 55.3. The second-order valence-corrected chi connectivity index (χ2v) is 18.3. The Morgan fingerprint density at radius 1 is 0.952 bits per heavy atom. The molecule has 16 heteroatoms. The molecule has 5 fully saturated rings. The zero-order valence-electron chi connectivity index (χ0n) is 36.8. The van der Waals surface area contributed by atoms with Crippen LogP contribution in [-0.2, 0) is 25.7 Å². The number of benzene rings is 2. The number of hydrogen-bond acceptors (Lipinski definition) is 11. The summed E-state index contributed by atoms with van der Waals surface area (Å²) in [6.07, 6.45) is 13.0. The van der Waals surface area contributed by atoms with Crippen LogP contribution in [0.3, 0.4) is 0 Å². The summed E-state index contributed by atoms with van der Waals surface area (Å²) >= 11 is 0. The van der Waals surface area contributed by atoms with Gasteiger partial charge in [0.15, 0.2) is 5.84 Å². The van der Waals surface area contributed by atoms with Gasteiger partial charge in [0.25, 0.3) is 5.91 Å². The van der Waals surface area contributed by atoms with Crippen molar-refractivity contribution in [1.29, 1.82) is 0 Å². The zero-order valence-corrected chi connectivity index (χ0v) is 36.8. The topological polar surface area (TPSA) is 197 Å². The monoisotopic (exact) mass is 854 g/mol. The van der Waals surface area contributed by atoms with Crippen molar-refractivity contribution in [3.8, 4) is 0 Å². The highest BCUT2D eigenvalue weighted by atomic mass is 16.5. The maximum atomic E-state index is 13.3. The molecule has 2 saturated carbocycles. The first-order valence-corrected chi connectivity index (χ1v) is 22.1. The van der Waals surface area contributed by atoms with E-state index in [2.05, 4.69) is 51.6 Å². The number of likely N-dealkylation sites (tertiary alicyclic amines) is 2. The number of aldehydes is 1. The second kappa shape index (κ2) is 21.7. The van der Waals surface area contributed by atoms with Gasteiger partial charge >= 0.3 is 0 Å². The molecule has 3 amide bonds. The number of carbonyl (C=O) groups is 4. The summed E-state index contributed by atoms with van der Waals surface area (Å²) in [7, 11) is 2.07. The molecule has 8 rings (SSSR count). The number of amides is 3. The van der Waals surface area contributed by atoms with Crippen molar-refractivity contribution in [3.05, 3.63) is 83.7 Å². The van der Waals surface area contributed by atoms with Crippen LogP contribution >= 0.6 is 0 Å². The molecule has 16 nitrogen and oxygen atoms in total.